The number of ketones is 1. The van der Waals surface area contributed by atoms with Gasteiger partial charge in [0.05, 0.1) is 44.0 Å². The number of nitrogens with one attached hydrogen (secondary N) is 1. The van der Waals surface area contributed by atoms with Gasteiger partial charge >= 0.3 is 5.91 Å². The summed E-state index contributed by atoms with van der Waals surface area (Å²) in [5.74, 6) is 0.0731. The third-order valence-corrected chi connectivity index (χ3v) is 6.76. The number of aliphatic hydroxyl groups excluding tert-OH is 1. The summed E-state index contributed by atoms with van der Waals surface area (Å²) in [5, 5.41) is 11.6. The Hall–Kier alpha value is -4.79. The van der Waals surface area contributed by atoms with Gasteiger partial charge in [0.1, 0.15) is 23.0 Å². The molecule has 0 bridgehead atoms. The molecular weight excluding hydrogens is 486 g/mol. The highest BCUT2D eigenvalue weighted by atomic mass is 16.5. The number of nitrogens with zero attached hydrogens (tertiary/aromatic N) is 2. The highest BCUT2D eigenvalue weighted by molar-refractivity contribution is 6.51. The molecule has 1 saturated heterocycles. The number of aromatic nitrogens is 2. The van der Waals surface area contributed by atoms with Crippen LogP contribution in [0.2, 0.25) is 0 Å². The number of aromatic amines is 1. The van der Waals surface area contributed by atoms with Crippen molar-refractivity contribution in [3.63, 3.8) is 0 Å². The molecule has 194 valence electrons. The van der Waals surface area contributed by atoms with Crippen molar-refractivity contribution in [1.29, 1.82) is 0 Å². The number of carbonyl (C=O) groups excluding carboxylic acids is 2. The first-order chi connectivity index (χ1) is 18.3. The van der Waals surface area contributed by atoms with Gasteiger partial charge in [-0.2, -0.15) is 0 Å². The van der Waals surface area contributed by atoms with E-state index in [4.69, 9.17) is 14.2 Å². The molecule has 0 spiro atoms. The third kappa shape index (κ3) is 4.02. The van der Waals surface area contributed by atoms with E-state index in [0.717, 1.165) is 5.56 Å². The first kappa shape index (κ1) is 24.9. The van der Waals surface area contributed by atoms with E-state index in [1.54, 1.807) is 75.7 Å². The maximum absolute atomic E-state index is 13.6. The number of H-pyrrole nitrogens is 1. The van der Waals surface area contributed by atoms with Crippen LogP contribution >= 0.6 is 0 Å². The van der Waals surface area contributed by atoms with Gasteiger partial charge in [0, 0.05) is 11.6 Å². The molecule has 1 atom stereocenters. The molecule has 0 aliphatic carbocycles. The Morgan fingerprint density at radius 2 is 1.66 bits per heavy atom. The zero-order valence-corrected chi connectivity index (χ0v) is 21.7. The summed E-state index contributed by atoms with van der Waals surface area (Å²) in [4.78, 5) is 36.1. The molecule has 1 fully saturated rings. The molecule has 0 saturated carbocycles. The average molecular weight is 514 g/mol. The number of carbonyl (C=O) groups is 2. The molecule has 2 N–H and O–H groups in total. The van der Waals surface area contributed by atoms with E-state index >= 15 is 0 Å². The number of ether oxygens (including phenoxy) is 3. The van der Waals surface area contributed by atoms with Crippen LogP contribution in [0.3, 0.4) is 0 Å². The molecule has 1 aliphatic heterocycles. The summed E-state index contributed by atoms with van der Waals surface area (Å²) < 4.78 is 16.1. The predicted octanol–water partition coefficient (Wildman–Crippen LogP) is 4.83. The Kier molecular flexibility index (Phi) is 6.28. The molecule has 0 radical (unpaired) electrons. The molecule has 5 rings (SSSR count). The largest absolute Gasteiger partial charge is 0.507 e. The van der Waals surface area contributed by atoms with Crippen LogP contribution in [-0.4, -0.2) is 48.1 Å². The number of benzene rings is 3. The second kappa shape index (κ2) is 9.59. The first-order valence-corrected chi connectivity index (χ1v) is 11.9. The summed E-state index contributed by atoms with van der Waals surface area (Å²) in [6.07, 6.45) is 0. The van der Waals surface area contributed by atoms with E-state index in [1.165, 1.54) is 12.0 Å². The van der Waals surface area contributed by atoms with Gasteiger partial charge in [-0.1, -0.05) is 12.1 Å². The number of fused-ring (bicyclic) bond motifs is 1. The average Bonchev–Trinajstić information content (AvgIpc) is 3.46. The highest BCUT2D eigenvalue weighted by Gasteiger charge is 2.48. The number of hydrogen-bond acceptors (Lipinski definition) is 7. The highest BCUT2D eigenvalue weighted by Crippen LogP contribution is 2.43. The lowest BCUT2D eigenvalue weighted by molar-refractivity contribution is -0.132. The minimum Gasteiger partial charge on any atom is -0.507 e. The minimum absolute atomic E-state index is 0.0473. The normalized spacial score (nSPS) is 16.8. The van der Waals surface area contributed by atoms with Crippen LogP contribution in [0.5, 0.6) is 17.2 Å². The van der Waals surface area contributed by atoms with E-state index in [0.29, 0.717) is 45.0 Å². The van der Waals surface area contributed by atoms with E-state index in [9.17, 15) is 14.7 Å². The number of methoxy groups -OCH3 is 3. The maximum Gasteiger partial charge on any atom is 0.302 e. The molecule has 38 heavy (non-hydrogen) atoms. The van der Waals surface area contributed by atoms with Crippen LogP contribution in [0.15, 0.2) is 60.2 Å². The Labute approximate surface area is 219 Å². The van der Waals surface area contributed by atoms with Crippen molar-refractivity contribution in [2.24, 2.45) is 0 Å². The third-order valence-electron chi connectivity index (χ3n) is 6.76. The van der Waals surface area contributed by atoms with E-state index in [1.807, 2.05) is 6.92 Å². The fraction of sp³-hybridized carbons (Fsp3) is 0.207. The van der Waals surface area contributed by atoms with Gasteiger partial charge in [-0.05, 0) is 66.9 Å². The van der Waals surface area contributed by atoms with E-state index in [2.05, 4.69) is 9.97 Å². The van der Waals surface area contributed by atoms with Crippen LogP contribution in [-0.2, 0) is 9.59 Å². The predicted molar refractivity (Wildman–Crippen MR) is 143 cm³/mol. The van der Waals surface area contributed by atoms with E-state index < -0.39 is 17.7 Å². The van der Waals surface area contributed by atoms with Crippen molar-refractivity contribution in [2.45, 2.75) is 19.9 Å². The summed E-state index contributed by atoms with van der Waals surface area (Å²) >= 11 is 0. The van der Waals surface area contributed by atoms with E-state index in [-0.39, 0.29) is 17.3 Å². The van der Waals surface area contributed by atoms with Crippen molar-refractivity contribution in [2.75, 3.05) is 26.2 Å². The molecule has 1 amide bonds. The number of rotatable bonds is 6. The molecule has 2 heterocycles. The fourth-order valence-electron chi connectivity index (χ4n) is 4.80. The SMILES string of the molecule is COc1cccc(C2/C(=C(\O)c3cc(C)c(OC)cc3C)C(=O)C(=O)N2c2nc3ccc(OC)cc3[nH]2)c1. The van der Waals surface area contributed by atoms with Gasteiger partial charge < -0.3 is 24.3 Å². The number of hydrogen-bond donors (Lipinski definition) is 2. The zero-order valence-electron chi connectivity index (χ0n) is 21.7. The first-order valence-electron chi connectivity index (χ1n) is 11.9. The lowest BCUT2D eigenvalue weighted by Gasteiger charge is -2.23. The number of amides is 1. The van der Waals surface area contributed by atoms with Crippen LogP contribution in [0.4, 0.5) is 5.95 Å². The van der Waals surface area contributed by atoms with Crippen LogP contribution in [0.1, 0.15) is 28.3 Å². The number of aryl methyl sites for hydroxylation is 2. The lowest BCUT2D eigenvalue weighted by Crippen LogP contribution is -2.30. The smallest absolute Gasteiger partial charge is 0.302 e. The molecule has 4 aromatic rings. The summed E-state index contributed by atoms with van der Waals surface area (Å²) in [6.45, 7) is 3.65. The molecular formula is C29H27N3O6. The Bertz CT molecular complexity index is 1620. The quantitative estimate of drug-likeness (QED) is 0.216. The molecule has 1 unspecified atom stereocenters. The standard InChI is InChI=1S/C29H27N3O6/c1-15-12-23(38-5)16(2)11-20(15)26(33)24-25(17-7-6-8-18(13-17)36-3)32(28(35)27(24)34)29-30-21-10-9-19(37-4)14-22(21)31-29/h6-14,25,33H,1-5H3,(H,30,31)/b26-24+. The second-order valence-corrected chi connectivity index (χ2v) is 9.03. The van der Waals surface area contributed by atoms with Gasteiger partial charge in [-0.25, -0.2) is 4.98 Å². The van der Waals surface area contributed by atoms with Crippen molar-refractivity contribution in [3.8, 4) is 17.2 Å². The van der Waals surface area contributed by atoms with Crippen molar-refractivity contribution >= 4 is 34.4 Å². The Morgan fingerprint density at radius 1 is 0.921 bits per heavy atom. The minimum atomic E-state index is -0.964. The second-order valence-electron chi connectivity index (χ2n) is 9.03. The Balaban J connectivity index is 1.75. The topological polar surface area (TPSA) is 114 Å². The summed E-state index contributed by atoms with van der Waals surface area (Å²) in [6, 6.07) is 14.9. The van der Waals surface area contributed by atoms with Gasteiger partial charge in [0.25, 0.3) is 5.78 Å². The maximum atomic E-state index is 13.6. The van der Waals surface area contributed by atoms with Gasteiger partial charge in [0.15, 0.2) is 0 Å². The lowest BCUT2D eigenvalue weighted by atomic mass is 9.93. The van der Waals surface area contributed by atoms with Crippen LogP contribution in [0, 0.1) is 13.8 Å². The molecule has 9 heteroatoms. The van der Waals surface area contributed by atoms with Crippen LogP contribution < -0.4 is 19.1 Å². The number of imidazole rings is 1. The zero-order chi connectivity index (χ0) is 27.1. The van der Waals surface area contributed by atoms with Gasteiger partial charge in [-0.15, -0.1) is 0 Å². The fourth-order valence-corrected chi connectivity index (χ4v) is 4.80. The van der Waals surface area contributed by atoms with Crippen molar-refractivity contribution in [3.05, 3.63) is 82.4 Å². The summed E-state index contributed by atoms with van der Waals surface area (Å²) in [5.41, 5.74) is 3.65. The molecule has 3 aromatic carbocycles. The number of anilines is 1. The van der Waals surface area contributed by atoms with Gasteiger partial charge in [0.2, 0.25) is 5.95 Å². The number of Topliss-reactive ketones (excluding diaryl/α,β-unsaturated/α-hetero) is 1. The van der Waals surface area contributed by atoms with Crippen molar-refractivity contribution < 1.29 is 28.9 Å². The van der Waals surface area contributed by atoms with Crippen molar-refractivity contribution in [1.82, 2.24) is 9.97 Å². The monoisotopic (exact) mass is 513 g/mol. The molecule has 9 nitrogen and oxygen atoms in total. The van der Waals surface area contributed by atoms with Gasteiger partial charge in [-0.3, -0.25) is 14.5 Å². The summed E-state index contributed by atoms with van der Waals surface area (Å²) in [7, 11) is 4.66. The van der Waals surface area contributed by atoms with Crippen LogP contribution in [0.25, 0.3) is 16.8 Å². The Morgan fingerprint density at radius 3 is 2.37 bits per heavy atom. The molecule has 1 aromatic heterocycles. The molecule has 1 aliphatic rings. The number of aliphatic hydroxyl groups is 1.